The first kappa shape index (κ1) is 38.6. The van der Waals surface area contributed by atoms with Gasteiger partial charge in [-0.2, -0.15) is 13.2 Å². The number of carbonyl (C=O) groups excluding carboxylic acids is 2. The number of hydrogen-bond donors (Lipinski definition) is 0. The second kappa shape index (κ2) is 16.4. The molecule has 1 aliphatic heterocycles. The molecule has 0 N–H and O–H groups in total. The van der Waals surface area contributed by atoms with Gasteiger partial charge in [-0.05, 0) is 83.2 Å². The smallest absolute Gasteiger partial charge is 0.416 e. The zero-order chi connectivity index (χ0) is 37.6. The van der Waals surface area contributed by atoms with Crippen LogP contribution in [0.3, 0.4) is 0 Å². The number of alkyl halides is 3. The summed E-state index contributed by atoms with van der Waals surface area (Å²) in [5, 5.41) is 12.6. The van der Waals surface area contributed by atoms with Crippen LogP contribution in [0.25, 0.3) is 5.69 Å². The molecular formula is C36H42F3N5O7S. The van der Waals surface area contributed by atoms with Crippen molar-refractivity contribution < 1.29 is 37.2 Å². The number of nitrogens with zero attached hydrogens (tertiary/aromatic N) is 5. The zero-order valence-corrected chi connectivity index (χ0v) is 30.1. The van der Waals surface area contributed by atoms with Crippen LogP contribution in [0.5, 0.6) is 5.75 Å². The lowest BCUT2D eigenvalue weighted by atomic mass is 10.0. The van der Waals surface area contributed by atoms with Crippen molar-refractivity contribution in [3.05, 3.63) is 85.8 Å². The molecule has 280 valence electrons. The molecule has 3 aromatic rings. The number of halogens is 3. The molecule has 0 atom stereocenters. The molecule has 0 spiro atoms. The third-order valence-corrected chi connectivity index (χ3v) is 9.99. The number of fused-ring (bicyclic) bond motifs is 1. The van der Waals surface area contributed by atoms with Crippen LogP contribution in [0, 0.1) is 10.1 Å². The lowest BCUT2D eigenvalue weighted by Gasteiger charge is -2.32. The fourth-order valence-electron chi connectivity index (χ4n) is 5.74. The van der Waals surface area contributed by atoms with Gasteiger partial charge in [-0.15, -0.1) is 0 Å². The van der Waals surface area contributed by atoms with Gasteiger partial charge < -0.3 is 14.4 Å². The molecule has 2 heterocycles. The van der Waals surface area contributed by atoms with E-state index in [4.69, 9.17) is 14.5 Å². The number of amides is 2. The topological polar surface area (TPSA) is 137 Å². The predicted molar refractivity (Wildman–Crippen MR) is 188 cm³/mol. The fraction of sp³-hybridized carbons (Fsp3) is 0.500. The van der Waals surface area contributed by atoms with Crippen molar-refractivity contribution in [3.8, 4) is 11.4 Å². The van der Waals surface area contributed by atoms with Crippen LogP contribution in [0.15, 0.2) is 58.5 Å². The number of hydrogen-bond acceptors (Lipinski definition) is 9. The highest BCUT2D eigenvalue weighted by atomic mass is 32.2. The van der Waals surface area contributed by atoms with Gasteiger partial charge in [0.2, 0.25) is 5.91 Å². The number of ether oxygens (including phenoxy) is 2. The molecule has 0 saturated heterocycles. The first-order chi connectivity index (χ1) is 24.6. The van der Waals surface area contributed by atoms with E-state index >= 15 is 0 Å². The summed E-state index contributed by atoms with van der Waals surface area (Å²) in [6, 6.07) is 10.5. The molecule has 1 fully saturated rings. The Morgan fingerprint density at radius 2 is 1.77 bits per heavy atom. The van der Waals surface area contributed by atoms with Crippen molar-refractivity contribution in [2.75, 3.05) is 26.2 Å². The highest BCUT2D eigenvalue weighted by Crippen LogP contribution is 2.37. The van der Waals surface area contributed by atoms with E-state index in [2.05, 4.69) is 0 Å². The standard InChI is InChI=1S/C36H42F3N5O7S/c1-35(2,3)51-34(47)42(19-7-4-8-21-50-25-16-14-24(15-17-25)36(37,38)39)23-31(45)41-20-18-28-27(22-41)32(46)43(33(40-28)52-26-10-9-11-26)29-12-5-6-13-30(29)44(48)49/h5-6,12-17,26H,4,7-11,18-23H2,1-3H3. The molecular weight excluding hydrogens is 703 g/mol. The Bertz CT molecular complexity index is 1820. The van der Waals surface area contributed by atoms with Crippen molar-refractivity contribution in [2.45, 2.75) is 94.4 Å². The normalized spacial score (nSPS) is 14.7. The van der Waals surface area contributed by atoms with Gasteiger partial charge in [0.05, 0.1) is 34.9 Å². The number of aromatic nitrogens is 2. The molecule has 52 heavy (non-hydrogen) atoms. The first-order valence-corrected chi connectivity index (χ1v) is 18.1. The van der Waals surface area contributed by atoms with E-state index in [1.807, 2.05) is 0 Å². The summed E-state index contributed by atoms with van der Waals surface area (Å²) >= 11 is 1.44. The predicted octanol–water partition coefficient (Wildman–Crippen LogP) is 7.18. The average Bonchev–Trinajstić information content (AvgIpc) is 3.06. The highest BCUT2D eigenvalue weighted by Gasteiger charge is 2.33. The second-order valence-electron chi connectivity index (χ2n) is 13.8. The quantitative estimate of drug-likeness (QED) is 0.0772. The molecule has 2 amide bonds. The number of para-hydroxylation sites is 2. The minimum Gasteiger partial charge on any atom is -0.494 e. The van der Waals surface area contributed by atoms with E-state index in [9.17, 15) is 37.7 Å². The number of rotatable bonds is 13. The molecule has 0 radical (unpaired) electrons. The van der Waals surface area contributed by atoms with Crippen LogP contribution in [0.2, 0.25) is 0 Å². The van der Waals surface area contributed by atoms with Gasteiger partial charge in [-0.1, -0.05) is 30.3 Å². The summed E-state index contributed by atoms with van der Waals surface area (Å²) < 4.78 is 50.9. The molecule has 5 rings (SSSR count). The second-order valence-corrected chi connectivity index (χ2v) is 15.0. The van der Waals surface area contributed by atoms with E-state index in [-0.39, 0.29) is 55.0 Å². The number of unbranched alkanes of at least 4 members (excludes halogenated alkanes) is 2. The molecule has 16 heteroatoms. The Kier molecular flexibility index (Phi) is 12.2. The SMILES string of the molecule is CC(C)(C)OC(=O)N(CCCCCOc1ccc(C(F)(F)F)cc1)CC(=O)N1CCc2nc(SC3CCC3)n(-c3ccccc3[N+](=O)[O-])c(=O)c2C1. The Morgan fingerprint density at radius 1 is 1.06 bits per heavy atom. The monoisotopic (exact) mass is 745 g/mol. The summed E-state index contributed by atoms with van der Waals surface area (Å²) in [6.07, 6.45) is -0.155. The van der Waals surface area contributed by atoms with Gasteiger partial charge in [0.25, 0.3) is 11.2 Å². The minimum absolute atomic E-state index is 0.0710. The summed E-state index contributed by atoms with van der Waals surface area (Å²) in [5.74, 6) is -0.0823. The Labute approximate surface area is 303 Å². The van der Waals surface area contributed by atoms with Crippen LogP contribution in [0.1, 0.15) is 76.1 Å². The fourth-order valence-corrected chi connectivity index (χ4v) is 7.06. The van der Waals surface area contributed by atoms with Gasteiger partial charge in [0.15, 0.2) is 5.16 Å². The number of thioether (sulfide) groups is 1. The van der Waals surface area contributed by atoms with Crippen LogP contribution < -0.4 is 10.3 Å². The molecule has 0 unspecified atom stereocenters. The van der Waals surface area contributed by atoms with Crippen LogP contribution in [-0.4, -0.2) is 73.4 Å². The Hall–Kier alpha value is -4.60. The number of nitro benzene ring substituents is 1. The first-order valence-electron chi connectivity index (χ1n) is 17.2. The van der Waals surface area contributed by atoms with E-state index in [1.54, 1.807) is 26.8 Å². The Morgan fingerprint density at radius 3 is 2.40 bits per heavy atom. The van der Waals surface area contributed by atoms with Crippen molar-refractivity contribution in [1.29, 1.82) is 0 Å². The summed E-state index contributed by atoms with van der Waals surface area (Å²) in [7, 11) is 0. The maximum absolute atomic E-state index is 14.1. The maximum Gasteiger partial charge on any atom is 0.416 e. The van der Waals surface area contributed by atoms with E-state index in [1.165, 1.54) is 56.5 Å². The number of benzene rings is 2. The van der Waals surface area contributed by atoms with Crippen LogP contribution in [-0.2, 0) is 28.7 Å². The molecule has 2 aliphatic rings. The van der Waals surface area contributed by atoms with E-state index < -0.39 is 39.8 Å². The molecule has 12 nitrogen and oxygen atoms in total. The maximum atomic E-state index is 14.1. The lowest BCUT2D eigenvalue weighted by Crippen LogP contribution is -2.47. The van der Waals surface area contributed by atoms with Gasteiger partial charge >= 0.3 is 12.3 Å². The van der Waals surface area contributed by atoms with Crippen LogP contribution >= 0.6 is 11.8 Å². The summed E-state index contributed by atoms with van der Waals surface area (Å²) in [5.41, 5.74) is -1.35. The van der Waals surface area contributed by atoms with Gasteiger partial charge in [-0.25, -0.2) is 14.3 Å². The van der Waals surface area contributed by atoms with Crippen molar-refractivity contribution in [2.24, 2.45) is 0 Å². The highest BCUT2D eigenvalue weighted by molar-refractivity contribution is 7.99. The van der Waals surface area contributed by atoms with Gasteiger partial charge in [0.1, 0.15) is 23.6 Å². The third kappa shape index (κ3) is 9.83. The average molecular weight is 746 g/mol. The van der Waals surface area contributed by atoms with Gasteiger partial charge in [0, 0.05) is 30.8 Å². The summed E-state index contributed by atoms with van der Waals surface area (Å²) in [6.45, 7) is 5.51. The Balaban J connectivity index is 1.26. The van der Waals surface area contributed by atoms with E-state index in [0.717, 1.165) is 31.4 Å². The largest absolute Gasteiger partial charge is 0.494 e. The minimum atomic E-state index is -4.43. The van der Waals surface area contributed by atoms with Gasteiger partial charge in [-0.3, -0.25) is 24.6 Å². The molecule has 0 bridgehead atoms. The molecule has 1 saturated carbocycles. The molecule has 2 aromatic carbocycles. The third-order valence-electron chi connectivity index (χ3n) is 8.70. The van der Waals surface area contributed by atoms with Crippen molar-refractivity contribution in [1.82, 2.24) is 19.4 Å². The summed E-state index contributed by atoms with van der Waals surface area (Å²) in [4.78, 5) is 60.0. The molecule has 1 aromatic heterocycles. The van der Waals surface area contributed by atoms with E-state index in [0.29, 0.717) is 42.3 Å². The zero-order valence-electron chi connectivity index (χ0n) is 29.3. The lowest BCUT2D eigenvalue weighted by molar-refractivity contribution is -0.384. The van der Waals surface area contributed by atoms with Crippen LogP contribution in [0.4, 0.5) is 23.7 Å². The molecule has 1 aliphatic carbocycles. The van der Waals surface area contributed by atoms with Crippen molar-refractivity contribution in [3.63, 3.8) is 0 Å². The number of nitro groups is 1. The number of carbonyl (C=O) groups is 2. The van der Waals surface area contributed by atoms with Crippen molar-refractivity contribution >= 4 is 29.4 Å².